The van der Waals surface area contributed by atoms with Crippen LogP contribution in [0.15, 0.2) is 54.4 Å². The molecule has 0 radical (unpaired) electrons. The summed E-state index contributed by atoms with van der Waals surface area (Å²) in [7, 11) is 1.67. The van der Waals surface area contributed by atoms with Gasteiger partial charge in [-0.2, -0.15) is 0 Å². The molecule has 1 aromatic carbocycles. The van der Waals surface area contributed by atoms with Crippen LogP contribution in [-0.4, -0.2) is 44.0 Å². The minimum Gasteiger partial charge on any atom is -0.383 e. The van der Waals surface area contributed by atoms with E-state index in [-0.39, 0.29) is 5.82 Å². The number of hydrogen-bond donors (Lipinski definition) is 1. The first-order valence-corrected chi connectivity index (χ1v) is 9.91. The van der Waals surface area contributed by atoms with Crippen LogP contribution in [0, 0.1) is 5.82 Å². The fraction of sp³-hybridized carbons (Fsp3) is 0.150. The van der Waals surface area contributed by atoms with Gasteiger partial charge in [0.2, 0.25) is 0 Å². The number of anilines is 1. The van der Waals surface area contributed by atoms with Gasteiger partial charge in [0.15, 0.2) is 10.6 Å². The molecule has 0 unspecified atom stereocenters. The molecule has 0 amide bonds. The minimum absolute atomic E-state index is 0.281. The zero-order valence-electron chi connectivity index (χ0n) is 15.5. The molecule has 5 aromatic rings. The Morgan fingerprint density at radius 2 is 1.97 bits per heavy atom. The van der Waals surface area contributed by atoms with Gasteiger partial charge in [-0.3, -0.25) is 13.8 Å². The second kappa shape index (κ2) is 7.26. The second-order valence-corrected chi connectivity index (χ2v) is 7.28. The van der Waals surface area contributed by atoms with Gasteiger partial charge in [0, 0.05) is 43.2 Å². The number of aromatic nitrogens is 5. The number of nitrogens with zero attached hydrogens (tertiary/aromatic N) is 5. The van der Waals surface area contributed by atoms with Crippen LogP contribution in [0.1, 0.15) is 0 Å². The molecule has 0 aliphatic rings. The van der Waals surface area contributed by atoms with E-state index in [4.69, 9.17) is 14.7 Å². The Morgan fingerprint density at radius 1 is 1.10 bits per heavy atom. The van der Waals surface area contributed by atoms with Crippen molar-refractivity contribution in [3.05, 3.63) is 60.3 Å². The average molecular weight is 408 g/mol. The predicted molar refractivity (Wildman–Crippen MR) is 111 cm³/mol. The Kier molecular flexibility index (Phi) is 4.45. The van der Waals surface area contributed by atoms with Gasteiger partial charge in [0.05, 0.1) is 18.5 Å². The number of imidazole rings is 2. The molecule has 4 aromatic heterocycles. The maximum Gasteiger partial charge on any atom is 0.194 e. The largest absolute Gasteiger partial charge is 0.383 e. The van der Waals surface area contributed by atoms with E-state index in [0.717, 1.165) is 39.1 Å². The molecule has 29 heavy (non-hydrogen) atoms. The molecule has 0 saturated heterocycles. The van der Waals surface area contributed by atoms with Gasteiger partial charge in [0.1, 0.15) is 23.0 Å². The number of methoxy groups -OCH3 is 1. The van der Waals surface area contributed by atoms with E-state index in [1.807, 2.05) is 26.6 Å². The Hall–Kier alpha value is -3.30. The van der Waals surface area contributed by atoms with Crippen molar-refractivity contribution >= 4 is 27.8 Å². The number of fused-ring (bicyclic) bond motifs is 2. The SMILES string of the molecule is COCCNc1c(-c2c(-c3ccc(F)cc3)nc3sccn23)nc2cnccn12. The fourth-order valence-corrected chi connectivity index (χ4v) is 4.05. The quantitative estimate of drug-likeness (QED) is 0.431. The summed E-state index contributed by atoms with van der Waals surface area (Å²) in [5.74, 6) is 0.549. The van der Waals surface area contributed by atoms with Crippen molar-refractivity contribution in [2.24, 2.45) is 0 Å². The molecule has 0 bridgehead atoms. The van der Waals surface area contributed by atoms with Gasteiger partial charge in [-0.1, -0.05) is 0 Å². The van der Waals surface area contributed by atoms with Crippen molar-refractivity contribution in [2.45, 2.75) is 0 Å². The lowest BCUT2D eigenvalue weighted by Crippen LogP contribution is -2.10. The average Bonchev–Trinajstić information content (AvgIpc) is 3.42. The van der Waals surface area contributed by atoms with Crippen LogP contribution in [0.2, 0.25) is 0 Å². The van der Waals surface area contributed by atoms with Crippen molar-refractivity contribution in [1.29, 1.82) is 0 Å². The van der Waals surface area contributed by atoms with Crippen LogP contribution in [0.25, 0.3) is 33.3 Å². The number of halogens is 1. The first kappa shape index (κ1) is 17.8. The van der Waals surface area contributed by atoms with E-state index in [1.165, 1.54) is 23.5 Å². The third-order valence-corrected chi connectivity index (χ3v) is 5.39. The maximum absolute atomic E-state index is 13.5. The number of ether oxygens (including phenoxy) is 1. The molecule has 0 aliphatic carbocycles. The smallest absolute Gasteiger partial charge is 0.194 e. The molecule has 7 nitrogen and oxygen atoms in total. The van der Waals surface area contributed by atoms with Gasteiger partial charge in [-0.25, -0.2) is 14.4 Å². The van der Waals surface area contributed by atoms with Crippen LogP contribution in [-0.2, 0) is 4.74 Å². The van der Waals surface area contributed by atoms with Crippen molar-refractivity contribution < 1.29 is 9.13 Å². The molecular formula is C20H17FN6OS. The molecule has 0 fully saturated rings. The Labute approximate surface area is 169 Å². The summed E-state index contributed by atoms with van der Waals surface area (Å²) in [6, 6.07) is 6.36. The summed E-state index contributed by atoms with van der Waals surface area (Å²) in [6.45, 7) is 1.18. The topological polar surface area (TPSA) is 68.8 Å². The lowest BCUT2D eigenvalue weighted by Gasteiger charge is -2.09. The van der Waals surface area contributed by atoms with Crippen molar-refractivity contribution in [3.63, 3.8) is 0 Å². The van der Waals surface area contributed by atoms with Crippen molar-refractivity contribution in [2.75, 3.05) is 25.6 Å². The maximum atomic E-state index is 13.5. The molecule has 0 saturated carbocycles. The zero-order chi connectivity index (χ0) is 19.8. The third kappa shape index (κ3) is 3.04. The van der Waals surface area contributed by atoms with Crippen LogP contribution in [0.5, 0.6) is 0 Å². The molecule has 9 heteroatoms. The van der Waals surface area contributed by atoms with Crippen LogP contribution in [0.3, 0.4) is 0 Å². The van der Waals surface area contributed by atoms with E-state index in [0.29, 0.717) is 13.2 Å². The normalized spacial score (nSPS) is 11.5. The summed E-state index contributed by atoms with van der Waals surface area (Å²) in [5.41, 5.74) is 3.90. The van der Waals surface area contributed by atoms with E-state index in [9.17, 15) is 4.39 Å². The van der Waals surface area contributed by atoms with Crippen molar-refractivity contribution in [1.82, 2.24) is 23.8 Å². The number of thiazole rings is 1. The Bertz CT molecular complexity index is 1290. The van der Waals surface area contributed by atoms with Gasteiger partial charge in [-0.05, 0) is 24.3 Å². The number of benzene rings is 1. The monoisotopic (exact) mass is 408 g/mol. The van der Waals surface area contributed by atoms with E-state index in [1.54, 1.807) is 31.6 Å². The highest BCUT2D eigenvalue weighted by Gasteiger charge is 2.23. The van der Waals surface area contributed by atoms with E-state index < -0.39 is 0 Å². The minimum atomic E-state index is -0.281. The highest BCUT2D eigenvalue weighted by atomic mass is 32.1. The van der Waals surface area contributed by atoms with Gasteiger partial charge < -0.3 is 10.1 Å². The van der Waals surface area contributed by atoms with Crippen LogP contribution in [0.4, 0.5) is 10.2 Å². The van der Waals surface area contributed by atoms with Crippen molar-refractivity contribution in [3.8, 4) is 22.6 Å². The first-order valence-electron chi connectivity index (χ1n) is 9.03. The zero-order valence-corrected chi connectivity index (χ0v) is 16.4. The van der Waals surface area contributed by atoms with E-state index >= 15 is 0 Å². The summed E-state index contributed by atoms with van der Waals surface area (Å²) in [6.07, 6.45) is 7.27. The molecule has 4 heterocycles. The lowest BCUT2D eigenvalue weighted by atomic mass is 10.1. The highest BCUT2D eigenvalue weighted by molar-refractivity contribution is 7.15. The summed E-state index contributed by atoms with van der Waals surface area (Å²) in [4.78, 5) is 14.7. The molecule has 146 valence electrons. The second-order valence-electron chi connectivity index (χ2n) is 6.40. The summed E-state index contributed by atoms with van der Waals surface area (Å²) >= 11 is 1.54. The summed E-state index contributed by atoms with van der Waals surface area (Å²) < 4.78 is 22.6. The number of rotatable bonds is 6. The highest BCUT2D eigenvalue weighted by Crippen LogP contribution is 2.37. The van der Waals surface area contributed by atoms with E-state index in [2.05, 4.69) is 10.3 Å². The standard InChI is InChI=1S/C20H17FN6OS/c1-28-10-7-23-19-17(24-15-12-22-6-8-26(15)19)18-16(13-2-4-14(21)5-3-13)25-20-27(18)9-11-29-20/h2-6,8-9,11-12,23H,7,10H2,1H3. The van der Waals surface area contributed by atoms with Gasteiger partial charge in [-0.15, -0.1) is 11.3 Å². The predicted octanol–water partition coefficient (Wildman–Crippen LogP) is 3.97. The number of hydrogen-bond acceptors (Lipinski definition) is 6. The van der Waals surface area contributed by atoms with Gasteiger partial charge >= 0.3 is 0 Å². The van der Waals surface area contributed by atoms with Gasteiger partial charge in [0.25, 0.3) is 0 Å². The summed E-state index contributed by atoms with van der Waals surface area (Å²) in [5, 5.41) is 5.40. The fourth-order valence-electron chi connectivity index (χ4n) is 3.33. The molecular weight excluding hydrogens is 391 g/mol. The third-order valence-electron chi connectivity index (χ3n) is 4.63. The Morgan fingerprint density at radius 3 is 2.79 bits per heavy atom. The van der Waals surface area contributed by atoms with Crippen LogP contribution >= 0.6 is 11.3 Å². The van der Waals surface area contributed by atoms with Crippen LogP contribution < -0.4 is 5.32 Å². The first-order chi connectivity index (χ1) is 14.3. The molecule has 0 spiro atoms. The molecule has 0 atom stereocenters. The number of nitrogens with one attached hydrogen (secondary N) is 1. The lowest BCUT2D eigenvalue weighted by molar-refractivity contribution is 0.210. The molecule has 5 rings (SSSR count). The Balaban J connectivity index is 1.76. The molecule has 0 aliphatic heterocycles. The molecule has 1 N–H and O–H groups in total.